The van der Waals surface area contributed by atoms with Gasteiger partial charge in [0.2, 0.25) is 5.75 Å². The quantitative estimate of drug-likeness (QED) is 0.349. The van der Waals surface area contributed by atoms with Crippen molar-refractivity contribution in [1.29, 1.82) is 0 Å². The molecule has 0 amide bonds. The molecule has 3 rings (SSSR count). The van der Waals surface area contributed by atoms with Crippen LogP contribution in [0.1, 0.15) is 38.5 Å². The number of piperazine rings is 1. The Kier molecular flexibility index (Phi) is 16.3. The van der Waals surface area contributed by atoms with Crippen LogP contribution >= 0.6 is 37.2 Å². The van der Waals surface area contributed by atoms with Crippen molar-refractivity contribution in [3.8, 4) is 23.0 Å². The van der Waals surface area contributed by atoms with Gasteiger partial charge in [0.15, 0.2) is 17.2 Å². The molecule has 1 unspecified atom stereocenters. The minimum Gasteiger partial charge on any atom is -0.493 e. The first-order valence-corrected chi connectivity index (χ1v) is 10.9. The molecule has 1 atom stereocenters. The van der Waals surface area contributed by atoms with E-state index in [0.29, 0.717) is 23.0 Å². The third-order valence-corrected chi connectivity index (χ3v) is 6.00. The van der Waals surface area contributed by atoms with Gasteiger partial charge in [0.05, 0.1) is 21.3 Å². The van der Waals surface area contributed by atoms with Crippen LogP contribution in [-0.4, -0.2) is 76.4 Å². The lowest BCUT2D eigenvalue weighted by molar-refractivity contribution is 0.0485. The van der Waals surface area contributed by atoms with Crippen molar-refractivity contribution < 1.29 is 19.0 Å². The first kappa shape index (κ1) is 31.2. The zero-order chi connectivity index (χ0) is 20.5. The average Bonchev–Trinajstić information content (AvgIpc) is 2.77. The SMILES string of the molecule is COc1cc(ONCCCCCN2CCN3CCCCC3C2)cc(OC)c1OC.Cl.Cl.Cl. The van der Waals surface area contributed by atoms with Gasteiger partial charge in [-0.05, 0) is 38.8 Å². The van der Waals surface area contributed by atoms with Gasteiger partial charge in [-0.3, -0.25) is 4.90 Å². The van der Waals surface area contributed by atoms with Crippen LogP contribution in [0.4, 0.5) is 0 Å². The summed E-state index contributed by atoms with van der Waals surface area (Å²) in [7, 11) is 4.79. The van der Waals surface area contributed by atoms with Gasteiger partial charge in [0.1, 0.15) is 0 Å². The topological polar surface area (TPSA) is 55.4 Å². The molecule has 1 aromatic carbocycles. The van der Waals surface area contributed by atoms with Gasteiger partial charge in [-0.15, -0.1) is 37.2 Å². The molecule has 0 radical (unpaired) electrons. The smallest absolute Gasteiger partial charge is 0.203 e. The molecule has 2 aliphatic rings. The predicted molar refractivity (Wildman–Crippen MR) is 136 cm³/mol. The highest BCUT2D eigenvalue weighted by atomic mass is 35.5. The molecule has 1 aromatic rings. The Labute approximate surface area is 211 Å². The lowest BCUT2D eigenvalue weighted by atomic mass is 9.99. The van der Waals surface area contributed by atoms with Crippen LogP contribution in [-0.2, 0) is 0 Å². The third kappa shape index (κ3) is 8.84. The van der Waals surface area contributed by atoms with Crippen molar-refractivity contribution in [2.75, 3.05) is 60.6 Å². The summed E-state index contributed by atoms with van der Waals surface area (Å²) in [6, 6.07) is 4.39. The van der Waals surface area contributed by atoms with E-state index < -0.39 is 0 Å². The number of fused-ring (bicyclic) bond motifs is 1. The highest BCUT2D eigenvalue weighted by Gasteiger charge is 2.28. The Bertz CT molecular complexity index is 617. The van der Waals surface area contributed by atoms with Crippen molar-refractivity contribution >= 4 is 37.2 Å². The maximum absolute atomic E-state index is 5.66. The van der Waals surface area contributed by atoms with Gasteiger partial charge in [-0.1, -0.05) is 12.8 Å². The molecule has 2 fully saturated rings. The van der Waals surface area contributed by atoms with Gasteiger partial charge in [0, 0.05) is 44.4 Å². The highest BCUT2D eigenvalue weighted by molar-refractivity contribution is 5.86. The molecule has 10 heteroatoms. The normalized spacial score (nSPS) is 18.3. The second-order valence-electron chi connectivity index (χ2n) is 7.90. The number of rotatable bonds is 11. The Morgan fingerprint density at radius 3 is 2.25 bits per heavy atom. The summed E-state index contributed by atoms with van der Waals surface area (Å²) in [5, 5.41) is 0. The number of hydrogen-bond donors (Lipinski definition) is 1. The molecule has 2 heterocycles. The molecule has 2 saturated heterocycles. The van der Waals surface area contributed by atoms with Gasteiger partial charge >= 0.3 is 0 Å². The molecule has 0 spiro atoms. The largest absolute Gasteiger partial charge is 0.493 e. The van der Waals surface area contributed by atoms with Crippen LogP contribution < -0.4 is 24.5 Å². The number of unbranched alkanes of at least 4 members (excludes halogenated alkanes) is 2. The monoisotopic (exact) mass is 515 g/mol. The number of halogens is 3. The number of methoxy groups -OCH3 is 3. The highest BCUT2D eigenvalue weighted by Crippen LogP contribution is 2.40. The van der Waals surface area contributed by atoms with Crippen LogP contribution in [0, 0.1) is 0 Å². The summed E-state index contributed by atoms with van der Waals surface area (Å²) >= 11 is 0. The Morgan fingerprint density at radius 2 is 1.59 bits per heavy atom. The Morgan fingerprint density at radius 1 is 0.875 bits per heavy atom. The molecule has 1 N–H and O–H groups in total. The van der Waals surface area contributed by atoms with E-state index in [1.807, 2.05) is 0 Å². The van der Waals surface area contributed by atoms with Gasteiger partial charge in [-0.25, -0.2) is 0 Å². The fourth-order valence-electron chi connectivity index (χ4n) is 4.38. The number of benzene rings is 1. The van der Waals surface area contributed by atoms with E-state index in [1.54, 1.807) is 33.5 Å². The van der Waals surface area contributed by atoms with Crippen LogP contribution in [0.3, 0.4) is 0 Å². The van der Waals surface area contributed by atoms with Crippen LogP contribution in [0.15, 0.2) is 12.1 Å². The number of nitrogens with zero attached hydrogens (tertiary/aromatic N) is 2. The van der Waals surface area contributed by atoms with E-state index in [2.05, 4.69) is 15.3 Å². The molecule has 188 valence electrons. The summed E-state index contributed by atoms with van der Waals surface area (Å²) in [4.78, 5) is 11.0. The average molecular weight is 517 g/mol. The number of hydrogen-bond acceptors (Lipinski definition) is 7. The van der Waals surface area contributed by atoms with Crippen molar-refractivity contribution in [2.45, 2.75) is 44.6 Å². The fourth-order valence-corrected chi connectivity index (χ4v) is 4.38. The zero-order valence-electron chi connectivity index (χ0n) is 19.5. The second kappa shape index (κ2) is 16.7. The Balaban J connectivity index is 0.00000320. The number of ether oxygens (including phenoxy) is 3. The first-order valence-electron chi connectivity index (χ1n) is 10.9. The third-order valence-electron chi connectivity index (χ3n) is 6.00. The van der Waals surface area contributed by atoms with E-state index in [1.165, 1.54) is 64.8 Å². The van der Waals surface area contributed by atoms with Crippen molar-refractivity contribution in [3.05, 3.63) is 12.1 Å². The summed E-state index contributed by atoms with van der Waals surface area (Å²) in [6.07, 6.45) is 7.73. The second-order valence-corrected chi connectivity index (χ2v) is 7.90. The van der Waals surface area contributed by atoms with Crippen molar-refractivity contribution in [2.24, 2.45) is 0 Å². The standard InChI is InChI=1S/C22H37N3O4.3ClH/c1-26-20-15-19(16-21(27-2)22(20)28-3)29-23-10-6-4-7-11-24-13-14-25-12-8-5-9-18(25)17-24;;;/h15-16,18,23H,4-14,17H2,1-3H3;3*1H. The summed E-state index contributed by atoms with van der Waals surface area (Å²) in [5.74, 6) is 2.38. The summed E-state index contributed by atoms with van der Waals surface area (Å²) < 4.78 is 16.0. The van der Waals surface area contributed by atoms with Crippen LogP contribution in [0.2, 0.25) is 0 Å². The molecule has 2 aliphatic heterocycles. The summed E-state index contributed by atoms with van der Waals surface area (Å²) in [5.41, 5.74) is 3.05. The van der Waals surface area contributed by atoms with E-state index in [9.17, 15) is 0 Å². The number of piperidine rings is 1. The predicted octanol–water partition coefficient (Wildman–Crippen LogP) is 4.20. The molecule has 0 bridgehead atoms. The maximum Gasteiger partial charge on any atom is 0.203 e. The minimum atomic E-state index is 0. The number of hydroxylamine groups is 1. The van der Waals surface area contributed by atoms with Crippen molar-refractivity contribution in [3.63, 3.8) is 0 Å². The van der Waals surface area contributed by atoms with Gasteiger partial charge in [0.25, 0.3) is 0 Å². The van der Waals surface area contributed by atoms with E-state index in [0.717, 1.165) is 19.0 Å². The first-order chi connectivity index (χ1) is 14.2. The lowest BCUT2D eigenvalue weighted by Gasteiger charge is -2.44. The fraction of sp³-hybridized carbons (Fsp3) is 0.727. The van der Waals surface area contributed by atoms with E-state index in [4.69, 9.17) is 19.0 Å². The minimum absolute atomic E-state index is 0. The molecule has 0 aromatic heterocycles. The summed E-state index contributed by atoms with van der Waals surface area (Å²) in [6.45, 7) is 7.11. The molecule has 0 aliphatic carbocycles. The molecule has 32 heavy (non-hydrogen) atoms. The van der Waals surface area contributed by atoms with Crippen molar-refractivity contribution in [1.82, 2.24) is 15.3 Å². The molecule has 0 saturated carbocycles. The van der Waals surface area contributed by atoms with Gasteiger partial charge in [-0.2, -0.15) is 5.48 Å². The Hall–Kier alpha value is -0.830. The maximum atomic E-state index is 5.66. The zero-order valence-corrected chi connectivity index (χ0v) is 21.9. The van der Waals surface area contributed by atoms with Gasteiger partial charge < -0.3 is 23.9 Å². The molecular weight excluding hydrogens is 477 g/mol. The van der Waals surface area contributed by atoms with E-state index >= 15 is 0 Å². The lowest BCUT2D eigenvalue weighted by Crippen LogP contribution is -2.54. The van der Waals surface area contributed by atoms with E-state index in [-0.39, 0.29) is 37.2 Å². The number of nitrogens with one attached hydrogen (secondary N) is 1. The van der Waals surface area contributed by atoms with Crippen LogP contribution in [0.5, 0.6) is 23.0 Å². The molecular formula is C22H40Cl3N3O4. The van der Waals surface area contributed by atoms with Crippen LogP contribution in [0.25, 0.3) is 0 Å². The molecule has 7 nitrogen and oxygen atoms in total.